The van der Waals surface area contributed by atoms with E-state index in [1.54, 1.807) is 11.3 Å². The number of rotatable bonds is 7. The van der Waals surface area contributed by atoms with Gasteiger partial charge in [-0.3, -0.25) is 4.79 Å². The third-order valence-electron chi connectivity index (χ3n) is 5.66. The average Bonchev–Trinajstić information content (AvgIpc) is 3.24. The lowest BCUT2D eigenvalue weighted by atomic mass is 9.94. The molecule has 2 heterocycles. The molecule has 148 valence electrons. The number of aryl methyl sites for hydroxylation is 3. The predicted octanol–water partition coefficient (Wildman–Crippen LogP) is 4.91. The van der Waals surface area contributed by atoms with Gasteiger partial charge in [0, 0.05) is 10.9 Å². The first-order valence-electron chi connectivity index (χ1n) is 10.4. The Morgan fingerprint density at radius 1 is 1.21 bits per heavy atom. The number of thiophene rings is 1. The van der Waals surface area contributed by atoms with Crippen LogP contribution in [0.15, 0.2) is 29.1 Å². The van der Waals surface area contributed by atoms with Crippen molar-refractivity contribution in [3.63, 3.8) is 0 Å². The number of fused-ring (bicyclic) bond motifs is 3. The molecule has 2 N–H and O–H groups in total. The normalized spacial score (nSPS) is 14.7. The molecule has 0 spiro atoms. The molecule has 3 aromatic rings. The molecule has 28 heavy (non-hydrogen) atoms. The van der Waals surface area contributed by atoms with Gasteiger partial charge in [0.05, 0.1) is 11.9 Å². The van der Waals surface area contributed by atoms with E-state index in [0.717, 1.165) is 41.7 Å². The SMILES string of the molecule is CCCc1ccc([C@@H](NCc2nc3sc4c(c3c(=O)[nH]2)CCC4)C(C)C)cc1. The molecular weight excluding hydrogens is 366 g/mol. The number of hydrogen-bond acceptors (Lipinski definition) is 4. The van der Waals surface area contributed by atoms with Gasteiger partial charge in [0.25, 0.3) is 5.56 Å². The Morgan fingerprint density at radius 2 is 2.00 bits per heavy atom. The van der Waals surface area contributed by atoms with Crippen LogP contribution in [0.25, 0.3) is 10.2 Å². The van der Waals surface area contributed by atoms with Crippen molar-refractivity contribution in [3.05, 3.63) is 62.0 Å². The van der Waals surface area contributed by atoms with E-state index in [4.69, 9.17) is 4.98 Å². The van der Waals surface area contributed by atoms with Crippen molar-refractivity contribution < 1.29 is 0 Å². The molecule has 0 aliphatic heterocycles. The van der Waals surface area contributed by atoms with E-state index in [1.165, 1.54) is 28.0 Å². The Kier molecular flexibility index (Phi) is 5.65. The van der Waals surface area contributed by atoms with Gasteiger partial charge in [0.15, 0.2) is 0 Å². The molecule has 2 aromatic heterocycles. The van der Waals surface area contributed by atoms with Crippen molar-refractivity contribution in [3.8, 4) is 0 Å². The van der Waals surface area contributed by atoms with Gasteiger partial charge in [-0.15, -0.1) is 11.3 Å². The van der Waals surface area contributed by atoms with Crippen molar-refractivity contribution in [1.82, 2.24) is 15.3 Å². The second-order valence-corrected chi connectivity index (χ2v) is 9.23. The highest BCUT2D eigenvalue weighted by molar-refractivity contribution is 7.18. The topological polar surface area (TPSA) is 57.8 Å². The first-order chi connectivity index (χ1) is 13.6. The van der Waals surface area contributed by atoms with Crippen molar-refractivity contribution in [1.29, 1.82) is 0 Å². The Hall–Kier alpha value is -1.98. The summed E-state index contributed by atoms with van der Waals surface area (Å²) in [5.41, 5.74) is 3.93. The van der Waals surface area contributed by atoms with Gasteiger partial charge in [0.1, 0.15) is 10.7 Å². The van der Waals surface area contributed by atoms with E-state index in [2.05, 4.69) is 55.3 Å². The van der Waals surface area contributed by atoms with Crippen LogP contribution in [0, 0.1) is 5.92 Å². The van der Waals surface area contributed by atoms with Gasteiger partial charge in [0.2, 0.25) is 0 Å². The van der Waals surface area contributed by atoms with Crippen LogP contribution in [0.5, 0.6) is 0 Å². The molecule has 0 bridgehead atoms. The number of aromatic amines is 1. The highest BCUT2D eigenvalue weighted by atomic mass is 32.1. The summed E-state index contributed by atoms with van der Waals surface area (Å²) in [6.45, 7) is 7.22. The summed E-state index contributed by atoms with van der Waals surface area (Å²) in [6.07, 6.45) is 5.55. The predicted molar refractivity (Wildman–Crippen MR) is 117 cm³/mol. The second kappa shape index (κ2) is 8.18. The van der Waals surface area contributed by atoms with Crippen LogP contribution in [0.2, 0.25) is 0 Å². The zero-order chi connectivity index (χ0) is 19.7. The summed E-state index contributed by atoms with van der Waals surface area (Å²) >= 11 is 1.70. The molecule has 4 rings (SSSR count). The second-order valence-electron chi connectivity index (χ2n) is 8.14. The summed E-state index contributed by atoms with van der Waals surface area (Å²) < 4.78 is 0. The first kappa shape index (κ1) is 19.3. The third-order valence-corrected chi connectivity index (χ3v) is 6.84. The standard InChI is InChI=1S/C23H29N3OS/c1-4-6-15-9-11-16(12-10-15)21(14(2)3)24-13-19-25-22(27)20-17-7-5-8-18(17)28-23(20)26-19/h9-12,14,21,24H,4-8,13H2,1-3H3,(H,25,26,27)/t21-/m0/s1. The lowest BCUT2D eigenvalue weighted by Gasteiger charge is -2.23. The molecule has 1 aliphatic carbocycles. The van der Waals surface area contributed by atoms with E-state index in [0.29, 0.717) is 12.5 Å². The minimum absolute atomic E-state index is 0.0196. The highest BCUT2D eigenvalue weighted by Gasteiger charge is 2.21. The molecule has 0 saturated heterocycles. The molecule has 0 saturated carbocycles. The van der Waals surface area contributed by atoms with Crippen molar-refractivity contribution in [2.24, 2.45) is 5.92 Å². The van der Waals surface area contributed by atoms with E-state index < -0.39 is 0 Å². The van der Waals surface area contributed by atoms with E-state index in [-0.39, 0.29) is 11.6 Å². The molecular formula is C23H29N3OS. The molecule has 1 atom stereocenters. The smallest absolute Gasteiger partial charge is 0.259 e. The van der Waals surface area contributed by atoms with Crippen LogP contribution < -0.4 is 10.9 Å². The molecule has 4 nitrogen and oxygen atoms in total. The van der Waals surface area contributed by atoms with Gasteiger partial charge in [-0.25, -0.2) is 4.98 Å². The van der Waals surface area contributed by atoms with Crippen molar-refractivity contribution >= 4 is 21.6 Å². The Bertz CT molecular complexity index is 1020. The number of nitrogens with zero attached hydrogens (tertiary/aromatic N) is 1. The molecule has 1 aromatic carbocycles. The molecule has 1 aliphatic rings. The molecule has 5 heteroatoms. The summed E-state index contributed by atoms with van der Waals surface area (Å²) in [6, 6.07) is 9.15. The van der Waals surface area contributed by atoms with Crippen LogP contribution in [0.1, 0.15) is 67.0 Å². The summed E-state index contributed by atoms with van der Waals surface area (Å²) in [4.78, 5) is 22.7. The van der Waals surface area contributed by atoms with Crippen LogP contribution >= 0.6 is 11.3 Å². The van der Waals surface area contributed by atoms with Crippen LogP contribution in [-0.2, 0) is 25.8 Å². The van der Waals surface area contributed by atoms with E-state index >= 15 is 0 Å². The Labute approximate surface area is 170 Å². The fourth-order valence-corrected chi connectivity index (χ4v) is 5.54. The Morgan fingerprint density at radius 3 is 2.71 bits per heavy atom. The van der Waals surface area contributed by atoms with Crippen LogP contribution in [-0.4, -0.2) is 9.97 Å². The van der Waals surface area contributed by atoms with Gasteiger partial charge < -0.3 is 10.3 Å². The largest absolute Gasteiger partial charge is 0.309 e. The summed E-state index contributed by atoms with van der Waals surface area (Å²) in [5.74, 6) is 1.17. The van der Waals surface area contributed by atoms with Gasteiger partial charge in [-0.1, -0.05) is 51.5 Å². The maximum Gasteiger partial charge on any atom is 0.259 e. The number of nitrogens with one attached hydrogen (secondary N) is 2. The fourth-order valence-electron chi connectivity index (χ4n) is 4.26. The fraction of sp³-hybridized carbons (Fsp3) is 0.478. The summed E-state index contributed by atoms with van der Waals surface area (Å²) in [5, 5.41) is 4.44. The maximum atomic E-state index is 12.7. The lowest BCUT2D eigenvalue weighted by molar-refractivity contribution is 0.406. The van der Waals surface area contributed by atoms with Gasteiger partial charge >= 0.3 is 0 Å². The van der Waals surface area contributed by atoms with E-state index in [9.17, 15) is 4.79 Å². The number of benzene rings is 1. The van der Waals surface area contributed by atoms with Crippen molar-refractivity contribution in [2.75, 3.05) is 0 Å². The highest BCUT2D eigenvalue weighted by Crippen LogP contribution is 2.34. The van der Waals surface area contributed by atoms with E-state index in [1.807, 2.05) is 0 Å². The zero-order valence-electron chi connectivity index (χ0n) is 17.0. The number of hydrogen-bond donors (Lipinski definition) is 2. The Balaban J connectivity index is 1.53. The summed E-state index contributed by atoms with van der Waals surface area (Å²) in [7, 11) is 0. The van der Waals surface area contributed by atoms with Gasteiger partial charge in [-0.05, 0) is 48.3 Å². The van der Waals surface area contributed by atoms with Crippen molar-refractivity contribution in [2.45, 2.75) is 65.5 Å². The van der Waals surface area contributed by atoms with Crippen LogP contribution in [0.3, 0.4) is 0 Å². The molecule has 0 unspecified atom stereocenters. The monoisotopic (exact) mass is 395 g/mol. The average molecular weight is 396 g/mol. The quantitative estimate of drug-likeness (QED) is 0.597. The molecule has 0 radical (unpaired) electrons. The third kappa shape index (κ3) is 3.78. The minimum Gasteiger partial charge on any atom is -0.309 e. The minimum atomic E-state index is 0.0196. The maximum absolute atomic E-state index is 12.7. The zero-order valence-corrected chi connectivity index (χ0v) is 17.8. The van der Waals surface area contributed by atoms with Crippen LogP contribution in [0.4, 0.5) is 0 Å². The number of aromatic nitrogens is 2. The lowest BCUT2D eigenvalue weighted by Crippen LogP contribution is -2.27. The van der Waals surface area contributed by atoms with Gasteiger partial charge in [-0.2, -0.15) is 0 Å². The number of H-pyrrole nitrogens is 1. The molecule has 0 fully saturated rings. The molecule has 0 amide bonds. The first-order valence-corrected chi connectivity index (χ1v) is 11.2.